The summed E-state index contributed by atoms with van der Waals surface area (Å²) in [7, 11) is 0. The number of benzene rings is 1. The van der Waals surface area contributed by atoms with Gasteiger partial charge in [-0.05, 0) is 30.5 Å². The van der Waals surface area contributed by atoms with Gasteiger partial charge in [-0.15, -0.1) is 0 Å². The highest BCUT2D eigenvalue weighted by Gasteiger charge is 2.17. The summed E-state index contributed by atoms with van der Waals surface area (Å²) in [5.74, 6) is 0.880. The molecule has 5 rings (SSSR count). The molecule has 4 heterocycles. The van der Waals surface area contributed by atoms with E-state index >= 15 is 0 Å². The zero-order valence-corrected chi connectivity index (χ0v) is 18.2. The standard InChI is InChI=1S/C23H25ClN6O/c1-16(27-22-5-8-25-21-6-9-26-30(21)22)20-15-17-3-2-4-18(24)23(17)19(28-20)7-10-29-11-13-31-14-12-29/h2-6,8-9,15-16,27H,7,10-14H2,1H3. The topological polar surface area (TPSA) is 67.6 Å². The van der Waals surface area contributed by atoms with Gasteiger partial charge in [0.05, 0.1) is 41.9 Å². The van der Waals surface area contributed by atoms with Crippen LogP contribution in [0.1, 0.15) is 24.4 Å². The maximum atomic E-state index is 6.59. The molecule has 1 N–H and O–H groups in total. The Morgan fingerprint density at radius 3 is 2.90 bits per heavy atom. The molecule has 1 saturated heterocycles. The third kappa shape index (κ3) is 4.21. The minimum Gasteiger partial charge on any atom is -0.379 e. The van der Waals surface area contributed by atoms with Crippen LogP contribution >= 0.6 is 11.6 Å². The number of nitrogens with zero attached hydrogens (tertiary/aromatic N) is 5. The van der Waals surface area contributed by atoms with Crippen LogP contribution in [-0.4, -0.2) is 57.3 Å². The molecule has 31 heavy (non-hydrogen) atoms. The Kier molecular flexibility index (Phi) is 5.72. The van der Waals surface area contributed by atoms with Gasteiger partial charge in [-0.3, -0.25) is 9.88 Å². The number of hydrogen-bond acceptors (Lipinski definition) is 6. The van der Waals surface area contributed by atoms with Crippen molar-refractivity contribution >= 4 is 33.8 Å². The lowest BCUT2D eigenvalue weighted by Gasteiger charge is -2.26. The molecule has 0 amide bonds. The summed E-state index contributed by atoms with van der Waals surface area (Å²) in [4.78, 5) is 11.8. The zero-order chi connectivity index (χ0) is 21.2. The molecule has 7 nitrogen and oxygen atoms in total. The first-order valence-corrected chi connectivity index (χ1v) is 11.0. The van der Waals surface area contributed by atoms with Crippen molar-refractivity contribution in [2.75, 3.05) is 38.2 Å². The van der Waals surface area contributed by atoms with Gasteiger partial charge in [0.2, 0.25) is 0 Å². The van der Waals surface area contributed by atoms with Crippen molar-refractivity contribution in [3.8, 4) is 0 Å². The molecule has 4 aromatic rings. The highest BCUT2D eigenvalue weighted by Crippen LogP contribution is 2.29. The van der Waals surface area contributed by atoms with Crippen molar-refractivity contribution in [1.29, 1.82) is 0 Å². The Morgan fingerprint density at radius 2 is 2.03 bits per heavy atom. The average Bonchev–Trinajstić information content (AvgIpc) is 3.28. The summed E-state index contributed by atoms with van der Waals surface area (Å²) >= 11 is 6.59. The average molecular weight is 437 g/mol. The van der Waals surface area contributed by atoms with Crippen molar-refractivity contribution in [2.24, 2.45) is 0 Å². The molecular weight excluding hydrogens is 412 g/mol. The molecule has 1 fully saturated rings. The molecule has 1 aromatic carbocycles. The molecule has 1 unspecified atom stereocenters. The van der Waals surface area contributed by atoms with Crippen LogP contribution in [0.4, 0.5) is 5.82 Å². The number of halogens is 1. The van der Waals surface area contributed by atoms with Crippen molar-refractivity contribution in [2.45, 2.75) is 19.4 Å². The van der Waals surface area contributed by atoms with Crippen molar-refractivity contribution in [1.82, 2.24) is 24.5 Å². The predicted molar refractivity (Wildman–Crippen MR) is 123 cm³/mol. The van der Waals surface area contributed by atoms with E-state index in [2.05, 4.69) is 39.4 Å². The number of nitrogens with one attached hydrogen (secondary N) is 1. The van der Waals surface area contributed by atoms with E-state index in [9.17, 15) is 0 Å². The maximum Gasteiger partial charge on any atom is 0.157 e. The van der Waals surface area contributed by atoms with Gasteiger partial charge in [-0.1, -0.05) is 23.7 Å². The molecular formula is C23H25ClN6O. The number of aromatic nitrogens is 4. The normalized spacial score (nSPS) is 16.1. The summed E-state index contributed by atoms with van der Waals surface area (Å²) < 4.78 is 7.27. The lowest BCUT2D eigenvalue weighted by molar-refractivity contribution is 0.0384. The van der Waals surface area contributed by atoms with E-state index in [1.807, 2.05) is 24.3 Å². The summed E-state index contributed by atoms with van der Waals surface area (Å²) in [6.45, 7) is 6.57. The van der Waals surface area contributed by atoms with Crippen molar-refractivity contribution in [3.05, 3.63) is 65.2 Å². The van der Waals surface area contributed by atoms with Crippen LogP contribution in [0.25, 0.3) is 16.4 Å². The smallest absolute Gasteiger partial charge is 0.157 e. The molecule has 0 bridgehead atoms. The summed E-state index contributed by atoms with van der Waals surface area (Å²) in [5.41, 5.74) is 2.82. The number of rotatable bonds is 6. The van der Waals surface area contributed by atoms with Gasteiger partial charge in [0, 0.05) is 43.7 Å². The number of fused-ring (bicyclic) bond motifs is 2. The first-order valence-electron chi connectivity index (χ1n) is 10.6. The Morgan fingerprint density at radius 1 is 1.16 bits per heavy atom. The van der Waals surface area contributed by atoms with Crippen LogP contribution in [-0.2, 0) is 11.2 Å². The fourth-order valence-electron chi connectivity index (χ4n) is 4.10. The number of anilines is 1. The fraction of sp³-hybridized carbons (Fsp3) is 0.348. The van der Waals surface area contributed by atoms with Gasteiger partial charge in [0.15, 0.2) is 5.65 Å². The monoisotopic (exact) mass is 436 g/mol. The third-order valence-corrected chi connectivity index (χ3v) is 6.08. The van der Waals surface area contributed by atoms with Gasteiger partial charge in [0.1, 0.15) is 5.82 Å². The van der Waals surface area contributed by atoms with Gasteiger partial charge in [-0.2, -0.15) is 9.61 Å². The molecule has 1 aliphatic rings. The Bertz CT molecular complexity index is 1200. The predicted octanol–water partition coefficient (Wildman–Crippen LogP) is 3.98. The van der Waals surface area contributed by atoms with Crippen LogP contribution in [0.5, 0.6) is 0 Å². The SMILES string of the molecule is CC(Nc1ccnc2ccnn12)c1cc2cccc(Cl)c2c(CCN2CCOCC2)n1. The van der Waals surface area contributed by atoms with Crippen molar-refractivity contribution in [3.63, 3.8) is 0 Å². The van der Waals surface area contributed by atoms with E-state index in [1.54, 1.807) is 16.9 Å². The number of pyridine rings is 1. The fourth-order valence-corrected chi connectivity index (χ4v) is 4.39. The number of hydrogen-bond donors (Lipinski definition) is 1. The van der Waals surface area contributed by atoms with E-state index < -0.39 is 0 Å². The summed E-state index contributed by atoms with van der Waals surface area (Å²) in [5, 5.41) is 10.8. The summed E-state index contributed by atoms with van der Waals surface area (Å²) in [6.07, 6.45) is 4.38. The second-order valence-corrected chi connectivity index (χ2v) is 8.24. The van der Waals surface area contributed by atoms with E-state index in [-0.39, 0.29) is 6.04 Å². The lowest BCUT2D eigenvalue weighted by Crippen LogP contribution is -2.37. The van der Waals surface area contributed by atoms with Crippen LogP contribution in [0.2, 0.25) is 5.02 Å². The van der Waals surface area contributed by atoms with Gasteiger partial charge >= 0.3 is 0 Å². The molecule has 0 aliphatic carbocycles. The van der Waals surface area contributed by atoms with E-state index in [0.29, 0.717) is 0 Å². The number of ether oxygens (including phenoxy) is 1. The molecule has 0 radical (unpaired) electrons. The second-order valence-electron chi connectivity index (χ2n) is 7.83. The molecule has 160 valence electrons. The number of morpholine rings is 1. The molecule has 1 atom stereocenters. The third-order valence-electron chi connectivity index (χ3n) is 5.77. The Labute approximate surface area is 186 Å². The second kappa shape index (κ2) is 8.78. The maximum absolute atomic E-state index is 6.59. The van der Waals surface area contributed by atoms with Gasteiger partial charge in [0.25, 0.3) is 0 Å². The molecule has 0 spiro atoms. The largest absolute Gasteiger partial charge is 0.379 e. The van der Waals surface area contributed by atoms with Crippen LogP contribution in [0, 0.1) is 0 Å². The Balaban J connectivity index is 1.46. The summed E-state index contributed by atoms with van der Waals surface area (Å²) in [6, 6.07) is 12.0. The van der Waals surface area contributed by atoms with E-state index in [4.69, 9.17) is 21.3 Å². The van der Waals surface area contributed by atoms with Crippen LogP contribution in [0.3, 0.4) is 0 Å². The highest BCUT2D eigenvalue weighted by atomic mass is 35.5. The highest BCUT2D eigenvalue weighted by molar-refractivity contribution is 6.35. The van der Waals surface area contributed by atoms with E-state index in [1.165, 1.54) is 0 Å². The minimum absolute atomic E-state index is 0.0136. The molecule has 8 heteroatoms. The van der Waals surface area contributed by atoms with Gasteiger partial charge < -0.3 is 10.1 Å². The van der Waals surface area contributed by atoms with Crippen LogP contribution < -0.4 is 5.32 Å². The minimum atomic E-state index is -0.0136. The molecule has 0 saturated carbocycles. The Hall–Kier alpha value is -2.74. The zero-order valence-electron chi connectivity index (χ0n) is 17.5. The molecule has 1 aliphatic heterocycles. The first-order chi connectivity index (χ1) is 15.2. The lowest BCUT2D eigenvalue weighted by atomic mass is 10.0. The van der Waals surface area contributed by atoms with Crippen molar-refractivity contribution < 1.29 is 4.74 Å². The first kappa shape index (κ1) is 20.2. The molecule has 3 aromatic heterocycles. The van der Waals surface area contributed by atoms with E-state index in [0.717, 1.165) is 77.9 Å². The van der Waals surface area contributed by atoms with Crippen LogP contribution in [0.15, 0.2) is 48.8 Å². The van der Waals surface area contributed by atoms with Gasteiger partial charge in [-0.25, -0.2) is 4.98 Å². The quantitative estimate of drug-likeness (QED) is 0.493.